The molecule has 2 rings (SSSR count). The molecule has 1 atom stereocenters. The molecule has 1 heterocycles. The summed E-state index contributed by atoms with van der Waals surface area (Å²) < 4.78 is 1.21. The molecule has 1 aliphatic rings. The van der Waals surface area contributed by atoms with Crippen molar-refractivity contribution in [1.29, 1.82) is 0 Å². The molecule has 0 radical (unpaired) electrons. The van der Waals surface area contributed by atoms with Gasteiger partial charge in [-0.3, -0.25) is 0 Å². The summed E-state index contributed by atoms with van der Waals surface area (Å²) in [6.07, 6.45) is 0. The Labute approximate surface area is 110 Å². The van der Waals surface area contributed by atoms with Gasteiger partial charge in [0.15, 0.2) is 0 Å². The van der Waals surface area contributed by atoms with Gasteiger partial charge in [-0.25, -0.2) is 0 Å². The average Bonchev–Trinajstić information content (AvgIpc) is 2.25. The van der Waals surface area contributed by atoms with Gasteiger partial charge >= 0.3 is 0 Å². The molecule has 0 aliphatic carbocycles. The van der Waals surface area contributed by atoms with Crippen LogP contribution in [0.3, 0.4) is 0 Å². The molecule has 4 heteroatoms. The molecule has 1 aromatic carbocycles. The van der Waals surface area contributed by atoms with Gasteiger partial charge in [0.05, 0.1) is 5.69 Å². The number of anilines is 1. The Morgan fingerprint density at radius 1 is 1.56 bits per heavy atom. The summed E-state index contributed by atoms with van der Waals surface area (Å²) in [5.74, 6) is 0. The molecule has 0 saturated heterocycles. The van der Waals surface area contributed by atoms with Crippen LogP contribution in [0.15, 0.2) is 27.6 Å². The van der Waals surface area contributed by atoms with Crippen LogP contribution in [0.5, 0.6) is 0 Å². The normalized spacial score (nSPS) is 19.7. The summed E-state index contributed by atoms with van der Waals surface area (Å²) in [6, 6.07) is 6.46. The zero-order valence-corrected chi connectivity index (χ0v) is 12.1. The van der Waals surface area contributed by atoms with Gasteiger partial charge in [0, 0.05) is 34.3 Å². The first-order valence-electron chi connectivity index (χ1n) is 5.57. The van der Waals surface area contributed by atoms with Crippen molar-refractivity contribution >= 4 is 33.4 Å². The summed E-state index contributed by atoms with van der Waals surface area (Å²) in [6.45, 7) is 5.51. The predicted octanol–water partition coefficient (Wildman–Crippen LogP) is 2.97. The molecule has 2 nitrogen and oxygen atoms in total. The Balaban J connectivity index is 2.28. The Morgan fingerprint density at radius 3 is 3.12 bits per heavy atom. The van der Waals surface area contributed by atoms with Crippen molar-refractivity contribution in [2.24, 2.45) is 0 Å². The minimum Gasteiger partial charge on any atom is -0.367 e. The monoisotopic (exact) mass is 300 g/mol. The highest BCUT2D eigenvalue weighted by molar-refractivity contribution is 9.10. The highest BCUT2D eigenvalue weighted by atomic mass is 79.9. The minimum absolute atomic E-state index is 0.665. The largest absolute Gasteiger partial charge is 0.367 e. The standard InChI is InChI=1S/C12H17BrN2S/c1-9-8-15(7-6-14-2)12-10(13)4-3-5-11(12)16-9/h3-5,9,14H,6-8H2,1-2H3. The van der Waals surface area contributed by atoms with E-state index in [1.165, 1.54) is 15.1 Å². The third-order valence-electron chi connectivity index (χ3n) is 2.70. The second-order valence-electron chi connectivity index (χ2n) is 4.06. The minimum atomic E-state index is 0.665. The second-order valence-corrected chi connectivity index (χ2v) is 6.40. The molecule has 0 aromatic heterocycles. The van der Waals surface area contributed by atoms with Crippen molar-refractivity contribution in [3.05, 3.63) is 22.7 Å². The number of hydrogen-bond acceptors (Lipinski definition) is 3. The first-order valence-corrected chi connectivity index (χ1v) is 7.24. The third kappa shape index (κ3) is 2.55. The maximum absolute atomic E-state index is 3.66. The van der Waals surface area contributed by atoms with Crippen LogP contribution in [0.4, 0.5) is 5.69 Å². The molecule has 0 fully saturated rings. The van der Waals surface area contributed by atoms with Gasteiger partial charge in [0.25, 0.3) is 0 Å². The molecule has 1 aliphatic heterocycles. The quantitative estimate of drug-likeness (QED) is 0.924. The maximum Gasteiger partial charge on any atom is 0.0649 e. The summed E-state index contributed by atoms with van der Waals surface area (Å²) in [5.41, 5.74) is 1.36. The molecule has 88 valence electrons. The highest BCUT2D eigenvalue weighted by Gasteiger charge is 2.23. The van der Waals surface area contributed by atoms with Crippen molar-refractivity contribution in [3.63, 3.8) is 0 Å². The van der Waals surface area contributed by atoms with Crippen molar-refractivity contribution < 1.29 is 0 Å². The second kappa shape index (κ2) is 5.43. The fourth-order valence-corrected chi connectivity index (χ4v) is 3.95. The van der Waals surface area contributed by atoms with E-state index in [-0.39, 0.29) is 0 Å². The van der Waals surface area contributed by atoms with Gasteiger partial charge in [-0.1, -0.05) is 13.0 Å². The van der Waals surface area contributed by atoms with Crippen molar-refractivity contribution in [1.82, 2.24) is 5.32 Å². The van der Waals surface area contributed by atoms with E-state index in [0.717, 1.165) is 19.6 Å². The molecule has 16 heavy (non-hydrogen) atoms. The molecule has 0 amide bonds. The Bertz CT molecular complexity index is 370. The fourth-order valence-electron chi connectivity index (χ4n) is 2.00. The lowest BCUT2D eigenvalue weighted by molar-refractivity contribution is 0.703. The summed E-state index contributed by atoms with van der Waals surface area (Å²) in [4.78, 5) is 3.86. The summed E-state index contributed by atoms with van der Waals surface area (Å²) in [5, 5.41) is 3.88. The van der Waals surface area contributed by atoms with Gasteiger partial charge in [-0.2, -0.15) is 0 Å². The van der Waals surface area contributed by atoms with Crippen molar-refractivity contribution in [2.75, 3.05) is 31.6 Å². The molecule has 0 bridgehead atoms. The van der Waals surface area contributed by atoms with E-state index in [1.54, 1.807) is 0 Å². The molecule has 0 saturated carbocycles. The summed E-state index contributed by atoms with van der Waals surface area (Å²) in [7, 11) is 2.00. The first kappa shape index (κ1) is 12.3. The zero-order valence-electron chi connectivity index (χ0n) is 9.66. The zero-order chi connectivity index (χ0) is 11.5. The van der Waals surface area contributed by atoms with Crippen LogP contribution < -0.4 is 10.2 Å². The maximum atomic E-state index is 3.66. The van der Waals surface area contributed by atoms with Gasteiger partial charge in [-0.15, -0.1) is 11.8 Å². The van der Waals surface area contributed by atoms with Gasteiger partial charge in [0.1, 0.15) is 0 Å². The van der Waals surface area contributed by atoms with Gasteiger partial charge < -0.3 is 10.2 Å². The Hall–Kier alpha value is -0.190. The van der Waals surface area contributed by atoms with Crippen LogP contribution in [-0.2, 0) is 0 Å². The SMILES string of the molecule is CNCCN1CC(C)Sc2cccc(Br)c21. The van der Waals surface area contributed by atoms with E-state index in [9.17, 15) is 0 Å². The molecule has 1 aromatic rings. The van der Waals surface area contributed by atoms with E-state index in [4.69, 9.17) is 0 Å². The van der Waals surface area contributed by atoms with Crippen LogP contribution in [0.1, 0.15) is 6.92 Å². The lowest BCUT2D eigenvalue weighted by Crippen LogP contribution is -2.37. The smallest absolute Gasteiger partial charge is 0.0649 e. The van der Waals surface area contributed by atoms with Gasteiger partial charge in [0.2, 0.25) is 0 Å². The topological polar surface area (TPSA) is 15.3 Å². The van der Waals surface area contributed by atoms with Crippen LogP contribution in [-0.4, -0.2) is 31.9 Å². The number of halogens is 1. The number of benzene rings is 1. The van der Waals surface area contributed by atoms with Crippen LogP contribution >= 0.6 is 27.7 Å². The predicted molar refractivity (Wildman–Crippen MR) is 75.6 cm³/mol. The lowest BCUT2D eigenvalue weighted by atomic mass is 10.2. The fraction of sp³-hybridized carbons (Fsp3) is 0.500. The number of rotatable bonds is 3. The number of nitrogens with one attached hydrogen (secondary N) is 1. The average molecular weight is 301 g/mol. The number of thioether (sulfide) groups is 1. The van der Waals surface area contributed by atoms with Crippen molar-refractivity contribution in [2.45, 2.75) is 17.1 Å². The number of para-hydroxylation sites is 1. The van der Waals surface area contributed by atoms with Crippen LogP contribution in [0, 0.1) is 0 Å². The molecular weight excluding hydrogens is 284 g/mol. The molecule has 0 spiro atoms. The van der Waals surface area contributed by atoms with E-state index in [0.29, 0.717) is 5.25 Å². The van der Waals surface area contributed by atoms with Crippen LogP contribution in [0.2, 0.25) is 0 Å². The Kier molecular flexibility index (Phi) is 4.16. The van der Waals surface area contributed by atoms with Crippen LogP contribution in [0.25, 0.3) is 0 Å². The third-order valence-corrected chi connectivity index (χ3v) is 4.48. The van der Waals surface area contributed by atoms with E-state index < -0.39 is 0 Å². The van der Waals surface area contributed by atoms with E-state index in [1.807, 2.05) is 18.8 Å². The molecule has 1 unspecified atom stereocenters. The molecule has 1 N–H and O–H groups in total. The first-order chi connectivity index (χ1) is 7.72. The molecular formula is C12H17BrN2S. The lowest BCUT2D eigenvalue weighted by Gasteiger charge is -2.35. The number of likely N-dealkylation sites (N-methyl/N-ethyl adjacent to an activating group) is 1. The number of fused-ring (bicyclic) bond motifs is 1. The Morgan fingerprint density at radius 2 is 2.38 bits per heavy atom. The van der Waals surface area contributed by atoms with E-state index in [2.05, 4.69) is 51.3 Å². The van der Waals surface area contributed by atoms with Crippen molar-refractivity contribution in [3.8, 4) is 0 Å². The number of nitrogens with zero attached hydrogens (tertiary/aromatic N) is 1. The van der Waals surface area contributed by atoms with E-state index >= 15 is 0 Å². The summed E-state index contributed by atoms with van der Waals surface area (Å²) >= 11 is 5.63. The number of hydrogen-bond donors (Lipinski definition) is 1. The van der Waals surface area contributed by atoms with Gasteiger partial charge in [-0.05, 0) is 35.1 Å². The highest BCUT2D eigenvalue weighted by Crippen LogP contribution is 2.42.